The van der Waals surface area contributed by atoms with Crippen LogP contribution in [0.3, 0.4) is 0 Å². The summed E-state index contributed by atoms with van der Waals surface area (Å²) in [4.78, 5) is 25.1. The van der Waals surface area contributed by atoms with Crippen molar-refractivity contribution in [3.05, 3.63) is 70.6 Å². The summed E-state index contributed by atoms with van der Waals surface area (Å²) in [7, 11) is 0. The number of carbonyl (C=O) groups excluding carboxylic acids is 1. The number of fused-ring (bicyclic) bond motifs is 1. The van der Waals surface area contributed by atoms with Crippen molar-refractivity contribution in [2.75, 3.05) is 13.1 Å². The van der Waals surface area contributed by atoms with Gasteiger partial charge in [0.2, 0.25) is 0 Å². The zero-order valence-electron chi connectivity index (χ0n) is 15.2. The van der Waals surface area contributed by atoms with Crippen molar-refractivity contribution in [1.82, 2.24) is 15.3 Å². The Morgan fingerprint density at radius 2 is 2.11 bits per heavy atom. The maximum absolute atomic E-state index is 12.3. The lowest BCUT2D eigenvalue weighted by atomic mass is 10.0. The number of halogens is 1. The van der Waals surface area contributed by atoms with Gasteiger partial charge in [-0.1, -0.05) is 17.7 Å². The zero-order valence-corrected chi connectivity index (χ0v) is 15.9. The predicted octanol–water partition coefficient (Wildman–Crippen LogP) is 4.08. The SMILES string of the molecule is CCN=CCCNC(=O)c1ccnc(Cc2ccc3ncc(Cl)cc3c2)c1. The number of pyridine rings is 2. The Balaban J connectivity index is 1.68. The first kappa shape index (κ1) is 19.0. The molecular weight excluding hydrogens is 360 g/mol. The zero-order chi connectivity index (χ0) is 19.1. The molecule has 1 N–H and O–H groups in total. The molecule has 2 heterocycles. The van der Waals surface area contributed by atoms with E-state index in [4.69, 9.17) is 11.6 Å². The average Bonchev–Trinajstić information content (AvgIpc) is 2.67. The highest BCUT2D eigenvalue weighted by Crippen LogP contribution is 2.19. The number of benzene rings is 1. The summed E-state index contributed by atoms with van der Waals surface area (Å²) in [6.45, 7) is 3.31. The molecule has 138 valence electrons. The monoisotopic (exact) mass is 380 g/mol. The molecule has 0 bridgehead atoms. The van der Waals surface area contributed by atoms with Gasteiger partial charge < -0.3 is 5.32 Å². The van der Waals surface area contributed by atoms with Crippen LogP contribution in [-0.2, 0) is 6.42 Å². The van der Waals surface area contributed by atoms with Gasteiger partial charge in [-0.3, -0.25) is 19.8 Å². The van der Waals surface area contributed by atoms with Crippen LogP contribution in [0.2, 0.25) is 5.02 Å². The van der Waals surface area contributed by atoms with E-state index in [2.05, 4.69) is 26.3 Å². The van der Waals surface area contributed by atoms with E-state index in [0.29, 0.717) is 23.6 Å². The third kappa shape index (κ3) is 5.34. The largest absolute Gasteiger partial charge is 0.352 e. The Morgan fingerprint density at radius 3 is 2.96 bits per heavy atom. The number of aliphatic imine (C=N–C) groups is 1. The van der Waals surface area contributed by atoms with Crippen LogP contribution in [0.15, 0.2) is 53.8 Å². The predicted molar refractivity (Wildman–Crippen MR) is 110 cm³/mol. The van der Waals surface area contributed by atoms with Crippen molar-refractivity contribution in [1.29, 1.82) is 0 Å². The van der Waals surface area contributed by atoms with Crippen LogP contribution in [0.5, 0.6) is 0 Å². The van der Waals surface area contributed by atoms with Crippen LogP contribution in [0.1, 0.15) is 35.0 Å². The summed E-state index contributed by atoms with van der Waals surface area (Å²) >= 11 is 6.03. The first-order chi connectivity index (χ1) is 13.2. The van der Waals surface area contributed by atoms with Crippen LogP contribution in [0.25, 0.3) is 10.9 Å². The van der Waals surface area contributed by atoms with Crippen molar-refractivity contribution >= 4 is 34.6 Å². The van der Waals surface area contributed by atoms with E-state index in [0.717, 1.165) is 35.1 Å². The van der Waals surface area contributed by atoms with Gasteiger partial charge in [0.05, 0.1) is 10.5 Å². The Labute approximate surface area is 163 Å². The summed E-state index contributed by atoms with van der Waals surface area (Å²) in [5.41, 5.74) is 3.44. The minimum absolute atomic E-state index is 0.0990. The molecule has 1 aromatic carbocycles. The molecule has 0 aliphatic carbocycles. The third-order valence-corrected chi connectivity index (χ3v) is 4.25. The quantitative estimate of drug-likeness (QED) is 0.496. The second-order valence-electron chi connectivity index (χ2n) is 6.12. The van der Waals surface area contributed by atoms with Crippen LogP contribution in [0, 0.1) is 0 Å². The minimum atomic E-state index is -0.0990. The molecule has 27 heavy (non-hydrogen) atoms. The van der Waals surface area contributed by atoms with Crippen molar-refractivity contribution in [2.24, 2.45) is 4.99 Å². The van der Waals surface area contributed by atoms with E-state index in [1.54, 1.807) is 18.5 Å². The fourth-order valence-corrected chi connectivity index (χ4v) is 2.93. The molecule has 0 fully saturated rings. The number of rotatable bonds is 7. The molecule has 6 heteroatoms. The summed E-state index contributed by atoms with van der Waals surface area (Å²) in [6, 6.07) is 11.5. The fourth-order valence-electron chi connectivity index (χ4n) is 2.76. The number of hydrogen-bond donors (Lipinski definition) is 1. The standard InChI is InChI=1S/C21H21ClN4O/c1-2-23-7-3-8-25-21(27)16-6-9-24-19(13-16)11-15-4-5-20-17(10-15)12-18(22)14-26-20/h4-7,9-10,12-14H,2-3,8,11H2,1H3,(H,25,27). The molecule has 0 aliphatic rings. The molecule has 3 rings (SSSR count). The maximum Gasteiger partial charge on any atom is 0.251 e. The second-order valence-corrected chi connectivity index (χ2v) is 6.56. The Kier molecular flexibility index (Phi) is 6.49. The van der Waals surface area contributed by atoms with Crippen molar-refractivity contribution in [2.45, 2.75) is 19.8 Å². The van der Waals surface area contributed by atoms with Gasteiger partial charge in [-0.15, -0.1) is 0 Å². The van der Waals surface area contributed by atoms with Crippen LogP contribution < -0.4 is 5.32 Å². The number of hydrogen-bond acceptors (Lipinski definition) is 4. The van der Waals surface area contributed by atoms with Gasteiger partial charge in [0.25, 0.3) is 5.91 Å². The highest BCUT2D eigenvalue weighted by Gasteiger charge is 2.07. The molecule has 0 saturated heterocycles. The van der Waals surface area contributed by atoms with Crippen molar-refractivity contribution in [3.8, 4) is 0 Å². The van der Waals surface area contributed by atoms with E-state index in [1.807, 2.05) is 37.4 Å². The second kappa shape index (κ2) is 9.24. The number of nitrogens with one attached hydrogen (secondary N) is 1. The molecule has 0 aliphatic heterocycles. The van der Waals surface area contributed by atoms with E-state index in [1.165, 1.54) is 0 Å². The summed E-state index contributed by atoms with van der Waals surface area (Å²) in [5, 5.41) is 4.50. The molecule has 0 atom stereocenters. The van der Waals surface area contributed by atoms with Crippen molar-refractivity contribution in [3.63, 3.8) is 0 Å². The van der Waals surface area contributed by atoms with Gasteiger partial charge in [0.15, 0.2) is 0 Å². The van der Waals surface area contributed by atoms with Gasteiger partial charge >= 0.3 is 0 Å². The van der Waals surface area contributed by atoms with Gasteiger partial charge in [-0.25, -0.2) is 0 Å². The molecule has 3 aromatic rings. The van der Waals surface area contributed by atoms with E-state index in [-0.39, 0.29) is 5.91 Å². The van der Waals surface area contributed by atoms with Crippen molar-refractivity contribution < 1.29 is 4.79 Å². The summed E-state index contributed by atoms with van der Waals surface area (Å²) in [5.74, 6) is -0.0990. The Bertz CT molecular complexity index is 971. The van der Waals surface area contributed by atoms with Gasteiger partial charge in [-0.05, 0) is 49.2 Å². The lowest BCUT2D eigenvalue weighted by Crippen LogP contribution is -2.24. The van der Waals surface area contributed by atoms with Gasteiger partial charge in [0.1, 0.15) is 0 Å². The summed E-state index contributed by atoms with van der Waals surface area (Å²) in [6.07, 6.45) is 6.50. The topological polar surface area (TPSA) is 67.2 Å². The number of amides is 1. The maximum atomic E-state index is 12.3. The molecule has 5 nitrogen and oxygen atoms in total. The smallest absolute Gasteiger partial charge is 0.251 e. The van der Waals surface area contributed by atoms with Crippen LogP contribution in [0.4, 0.5) is 0 Å². The molecule has 0 unspecified atom stereocenters. The first-order valence-corrected chi connectivity index (χ1v) is 9.29. The number of aromatic nitrogens is 2. The fraction of sp³-hybridized carbons (Fsp3) is 0.238. The Hall–Kier alpha value is -2.79. The Morgan fingerprint density at radius 1 is 1.22 bits per heavy atom. The van der Waals surface area contributed by atoms with Gasteiger partial charge in [-0.2, -0.15) is 0 Å². The molecular formula is C21H21ClN4O. The molecule has 2 aromatic heterocycles. The number of carbonyl (C=O) groups is 1. The van der Waals surface area contributed by atoms with E-state index >= 15 is 0 Å². The lowest BCUT2D eigenvalue weighted by Gasteiger charge is -2.07. The lowest BCUT2D eigenvalue weighted by molar-refractivity contribution is 0.0954. The highest BCUT2D eigenvalue weighted by molar-refractivity contribution is 6.31. The van der Waals surface area contributed by atoms with Crippen LogP contribution in [-0.4, -0.2) is 35.2 Å². The summed E-state index contributed by atoms with van der Waals surface area (Å²) < 4.78 is 0. The highest BCUT2D eigenvalue weighted by atomic mass is 35.5. The van der Waals surface area contributed by atoms with E-state index in [9.17, 15) is 4.79 Å². The third-order valence-electron chi connectivity index (χ3n) is 4.05. The van der Waals surface area contributed by atoms with Crippen LogP contribution >= 0.6 is 11.6 Å². The number of nitrogens with zero attached hydrogens (tertiary/aromatic N) is 3. The van der Waals surface area contributed by atoms with E-state index < -0.39 is 0 Å². The minimum Gasteiger partial charge on any atom is -0.352 e. The molecule has 0 spiro atoms. The average molecular weight is 381 g/mol. The molecule has 1 amide bonds. The normalized spacial score (nSPS) is 11.2. The molecule has 0 saturated carbocycles. The molecule has 0 radical (unpaired) electrons. The first-order valence-electron chi connectivity index (χ1n) is 8.91. The van der Waals surface area contributed by atoms with Gasteiger partial charge in [0, 0.05) is 54.8 Å².